The highest BCUT2D eigenvalue weighted by atomic mass is 32.1. The van der Waals surface area contributed by atoms with Crippen LogP contribution >= 0.6 is 11.3 Å². The van der Waals surface area contributed by atoms with Crippen LogP contribution in [0.1, 0.15) is 34.6 Å². The molecule has 0 bridgehead atoms. The Labute approximate surface area is 150 Å². The van der Waals surface area contributed by atoms with Crippen molar-refractivity contribution in [2.24, 2.45) is 5.92 Å². The normalized spacial score (nSPS) is 23.6. The molecule has 2 aromatic heterocycles. The number of fused-ring (bicyclic) bond motifs is 1. The molecule has 0 aromatic carbocycles. The van der Waals surface area contributed by atoms with Gasteiger partial charge in [0.1, 0.15) is 0 Å². The molecule has 2 aromatic rings. The average molecular weight is 358 g/mol. The lowest BCUT2D eigenvalue weighted by molar-refractivity contribution is -0.140. The van der Waals surface area contributed by atoms with Gasteiger partial charge in [0.05, 0.1) is 11.2 Å². The molecular formula is C18H22N4O2S. The Morgan fingerprint density at radius 1 is 1.40 bits per heavy atom. The molecule has 1 N–H and O–H groups in total. The van der Waals surface area contributed by atoms with Gasteiger partial charge in [0.2, 0.25) is 5.91 Å². The number of hydrogen-bond acceptors (Lipinski definition) is 4. The van der Waals surface area contributed by atoms with E-state index in [1.54, 1.807) is 6.33 Å². The highest BCUT2D eigenvalue weighted by Crippen LogP contribution is 2.32. The minimum absolute atomic E-state index is 0.134. The molecule has 0 saturated carbocycles. The second-order valence-electron chi connectivity index (χ2n) is 6.80. The number of nitrogens with one attached hydrogen (secondary N) is 1. The number of likely N-dealkylation sites (tertiary alicyclic amines) is 2. The number of H-pyrrole nitrogens is 1. The Kier molecular flexibility index (Phi) is 4.57. The zero-order valence-corrected chi connectivity index (χ0v) is 14.9. The SMILES string of the molecule is O=C(c1cccs1)N1CC[C@@H]2[C@@H](CCC(=O)N2CCc2cnc[nH]2)C1. The molecule has 6 nitrogen and oxygen atoms in total. The molecule has 0 aliphatic carbocycles. The van der Waals surface area contributed by atoms with E-state index in [4.69, 9.17) is 0 Å². The van der Waals surface area contributed by atoms with E-state index in [-0.39, 0.29) is 17.9 Å². The van der Waals surface area contributed by atoms with Crippen molar-refractivity contribution in [1.29, 1.82) is 0 Å². The third kappa shape index (κ3) is 3.33. The van der Waals surface area contributed by atoms with Gasteiger partial charge < -0.3 is 14.8 Å². The second-order valence-corrected chi connectivity index (χ2v) is 7.74. The number of imidazole rings is 1. The lowest BCUT2D eigenvalue weighted by atomic mass is 9.83. The summed E-state index contributed by atoms with van der Waals surface area (Å²) in [6.07, 6.45) is 6.63. The van der Waals surface area contributed by atoms with Gasteiger partial charge in [0, 0.05) is 50.4 Å². The first-order valence-corrected chi connectivity index (χ1v) is 9.70. The van der Waals surface area contributed by atoms with Gasteiger partial charge >= 0.3 is 0 Å². The summed E-state index contributed by atoms with van der Waals surface area (Å²) in [6, 6.07) is 4.07. The minimum atomic E-state index is 0.134. The molecule has 2 amide bonds. The van der Waals surface area contributed by atoms with Crippen LogP contribution in [0.25, 0.3) is 0 Å². The zero-order valence-electron chi connectivity index (χ0n) is 14.1. The maximum absolute atomic E-state index is 12.6. The van der Waals surface area contributed by atoms with Crippen molar-refractivity contribution in [3.05, 3.63) is 40.6 Å². The van der Waals surface area contributed by atoms with E-state index in [9.17, 15) is 9.59 Å². The number of nitrogens with zero attached hydrogens (tertiary/aromatic N) is 3. The van der Waals surface area contributed by atoms with Crippen molar-refractivity contribution in [3.63, 3.8) is 0 Å². The first-order chi connectivity index (χ1) is 12.2. The fraction of sp³-hybridized carbons (Fsp3) is 0.500. The van der Waals surface area contributed by atoms with Gasteiger partial charge in [-0.15, -0.1) is 11.3 Å². The van der Waals surface area contributed by atoms with Crippen molar-refractivity contribution in [2.45, 2.75) is 31.7 Å². The molecule has 2 atom stereocenters. The molecule has 2 saturated heterocycles. The summed E-state index contributed by atoms with van der Waals surface area (Å²) in [5.74, 6) is 0.769. The van der Waals surface area contributed by atoms with Crippen LogP contribution < -0.4 is 0 Å². The van der Waals surface area contributed by atoms with Gasteiger partial charge in [-0.25, -0.2) is 4.98 Å². The molecular weight excluding hydrogens is 336 g/mol. The maximum atomic E-state index is 12.6. The fourth-order valence-electron chi connectivity index (χ4n) is 4.04. The number of aromatic nitrogens is 2. The van der Waals surface area contributed by atoms with Crippen LogP contribution in [0.15, 0.2) is 30.0 Å². The number of thiophene rings is 1. The molecule has 4 heterocycles. The molecule has 25 heavy (non-hydrogen) atoms. The molecule has 2 aliphatic rings. The summed E-state index contributed by atoms with van der Waals surface area (Å²) in [4.78, 5) is 37.0. The molecule has 132 valence electrons. The van der Waals surface area contributed by atoms with E-state index < -0.39 is 0 Å². The van der Waals surface area contributed by atoms with E-state index in [0.717, 1.165) is 49.5 Å². The Bertz CT molecular complexity index is 728. The van der Waals surface area contributed by atoms with Crippen molar-refractivity contribution < 1.29 is 9.59 Å². The van der Waals surface area contributed by atoms with Crippen LogP contribution in [0.4, 0.5) is 0 Å². The van der Waals surface area contributed by atoms with E-state index in [2.05, 4.69) is 9.97 Å². The third-order valence-electron chi connectivity index (χ3n) is 5.34. The van der Waals surface area contributed by atoms with Crippen LogP contribution in [0.2, 0.25) is 0 Å². The van der Waals surface area contributed by atoms with Crippen molar-refractivity contribution in [2.75, 3.05) is 19.6 Å². The number of hydrogen-bond donors (Lipinski definition) is 1. The Hall–Kier alpha value is -2.15. The standard InChI is InChI=1S/C18H22N4O2S/c23-17-4-3-13-11-21(18(24)16-2-1-9-25-16)7-6-15(13)22(17)8-5-14-10-19-12-20-14/h1-2,9-10,12-13,15H,3-8,11H2,(H,19,20)/t13-,15+/m0/s1. The lowest BCUT2D eigenvalue weighted by Crippen LogP contribution is -2.57. The highest BCUT2D eigenvalue weighted by Gasteiger charge is 2.40. The fourth-order valence-corrected chi connectivity index (χ4v) is 4.74. The van der Waals surface area contributed by atoms with Gasteiger partial charge in [-0.1, -0.05) is 6.07 Å². The van der Waals surface area contributed by atoms with Crippen molar-refractivity contribution in [1.82, 2.24) is 19.8 Å². The Morgan fingerprint density at radius 3 is 3.08 bits per heavy atom. The summed E-state index contributed by atoms with van der Waals surface area (Å²) in [5, 5.41) is 1.94. The number of rotatable bonds is 4. The van der Waals surface area contributed by atoms with Gasteiger partial charge in [-0.2, -0.15) is 0 Å². The Balaban J connectivity index is 1.41. The minimum Gasteiger partial charge on any atom is -0.348 e. The zero-order chi connectivity index (χ0) is 17.2. The second kappa shape index (κ2) is 7.00. The molecule has 0 radical (unpaired) electrons. The molecule has 0 unspecified atom stereocenters. The predicted molar refractivity (Wildman–Crippen MR) is 95.4 cm³/mol. The first kappa shape index (κ1) is 16.3. The number of amides is 2. The topological polar surface area (TPSA) is 69.3 Å². The summed E-state index contributed by atoms with van der Waals surface area (Å²) in [7, 11) is 0. The van der Waals surface area contributed by atoms with Crippen LogP contribution in [0.5, 0.6) is 0 Å². The third-order valence-corrected chi connectivity index (χ3v) is 6.20. The van der Waals surface area contributed by atoms with Crippen molar-refractivity contribution in [3.8, 4) is 0 Å². The van der Waals surface area contributed by atoms with E-state index in [1.807, 2.05) is 33.5 Å². The Morgan fingerprint density at radius 2 is 2.32 bits per heavy atom. The lowest BCUT2D eigenvalue weighted by Gasteiger charge is -2.47. The summed E-state index contributed by atoms with van der Waals surface area (Å²) in [6.45, 7) is 2.21. The monoisotopic (exact) mass is 358 g/mol. The van der Waals surface area contributed by atoms with Crippen LogP contribution in [0, 0.1) is 5.92 Å². The van der Waals surface area contributed by atoms with Crippen LogP contribution in [-0.4, -0.2) is 57.3 Å². The summed E-state index contributed by atoms with van der Waals surface area (Å²) in [5.41, 5.74) is 1.06. The van der Waals surface area contributed by atoms with Gasteiger partial charge in [0.25, 0.3) is 5.91 Å². The van der Waals surface area contributed by atoms with E-state index in [0.29, 0.717) is 12.3 Å². The van der Waals surface area contributed by atoms with Crippen LogP contribution in [-0.2, 0) is 11.2 Å². The first-order valence-electron chi connectivity index (χ1n) is 8.82. The largest absolute Gasteiger partial charge is 0.348 e. The molecule has 7 heteroatoms. The number of piperidine rings is 2. The number of carbonyl (C=O) groups excluding carboxylic acids is 2. The predicted octanol–water partition coefficient (Wildman–Crippen LogP) is 2.17. The van der Waals surface area contributed by atoms with E-state index >= 15 is 0 Å². The van der Waals surface area contributed by atoms with Gasteiger partial charge in [-0.05, 0) is 30.2 Å². The highest BCUT2D eigenvalue weighted by molar-refractivity contribution is 7.12. The number of aromatic amines is 1. The maximum Gasteiger partial charge on any atom is 0.263 e. The molecule has 2 aliphatic heterocycles. The van der Waals surface area contributed by atoms with Crippen molar-refractivity contribution >= 4 is 23.2 Å². The molecule has 0 spiro atoms. The average Bonchev–Trinajstić information content (AvgIpc) is 3.33. The van der Waals surface area contributed by atoms with Gasteiger partial charge in [-0.3, -0.25) is 9.59 Å². The van der Waals surface area contributed by atoms with Gasteiger partial charge in [0.15, 0.2) is 0 Å². The van der Waals surface area contributed by atoms with E-state index in [1.165, 1.54) is 11.3 Å². The molecule has 4 rings (SSSR count). The number of carbonyl (C=O) groups is 2. The van der Waals surface area contributed by atoms with Crippen LogP contribution in [0.3, 0.4) is 0 Å². The summed E-state index contributed by atoms with van der Waals surface area (Å²) < 4.78 is 0. The molecule has 2 fully saturated rings. The quantitative estimate of drug-likeness (QED) is 0.911. The smallest absolute Gasteiger partial charge is 0.263 e. The summed E-state index contributed by atoms with van der Waals surface area (Å²) >= 11 is 1.50.